The molecule has 0 spiro atoms. The van der Waals surface area contributed by atoms with Gasteiger partial charge < -0.3 is 19.3 Å². The highest BCUT2D eigenvalue weighted by Crippen LogP contribution is 2.44. The lowest BCUT2D eigenvalue weighted by molar-refractivity contribution is -0.155. The third-order valence-electron chi connectivity index (χ3n) is 5.37. The first-order valence-electron chi connectivity index (χ1n) is 8.65. The lowest BCUT2D eigenvalue weighted by atomic mass is 9.80. The van der Waals surface area contributed by atoms with E-state index in [9.17, 15) is 19.5 Å². The maximum Gasteiger partial charge on any atom is 0.334 e. The summed E-state index contributed by atoms with van der Waals surface area (Å²) in [5.74, 6) is -2.29. The van der Waals surface area contributed by atoms with Gasteiger partial charge in [0.25, 0.3) is 0 Å². The number of carbonyl (C=O) groups excluding carboxylic acids is 3. The van der Waals surface area contributed by atoms with Crippen LogP contribution in [0.15, 0.2) is 47.8 Å². The Balaban J connectivity index is 2.07. The molecule has 3 aliphatic rings. The Morgan fingerprint density at radius 3 is 2.67 bits per heavy atom. The average molecular weight is 374 g/mol. The van der Waals surface area contributed by atoms with Gasteiger partial charge >= 0.3 is 11.9 Å². The van der Waals surface area contributed by atoms with Crippen molar-refractivity contribution in [2.45, 2.75) is 51.1 Å². The topological polar surface area (TPSA) is 99.1 Å². The van der Waals surface area contributed by atoms with E-state index < -0.39 is 41.8 Å². The smallest absolute Gasteiger partial charge is 0.334 e. The summed E-state index contributed by atoms with van der Waals surface area (Å²) >= 11 is 0. The third kappa shape index (κ3) is 3.02. The van der Waals surface area contributed by atoms with Crippen molar-refractivity contribution < 1.29 is 33.7 Å². The number of hydrogen-bond acceptors (Lipinski definition) is 7. The van der Waals surface area contributed by atoms with Crippen molar-refractivity contribution in [3.05, 3.63) is 47.8 Å². The van der Waals surface area contributed by atoms with Gasteiger partial charge in [-0.3, -0.25) is 4.79 Å². The van der Waals surface area contributed by atoms with Gasteiger partial charge in [-0.2, -0.15) is 0 Å². The summed E-state index contributed by atoms with van der Waals surface area (Å²) in [4.78, 5) is 37.0. The minimum atomic E-state index is -1.33. The van der Waals surface area contributed by atoms with E-state index in [1.807, 2.05) is 0 Å². The minimum absolute atomic E-state index is 0.0224. The molecule has 2 saturated heterocycles. The number of allylic oxidation sites excluding steroid dienone is 1. The highest BCUT2D eigenvalue weighted by Gasteiger charge is 2.55. The van der Waals surface area contributed by atoms with Gasteiger partial charge in [0.15, 0.2) is 5.60 Å². The van der Waals surface area contributed by atoms with Gasteiger partial charge in [-0.25, -0.2) is 9.59 Å². The molecular weight excluding hydrogens is 352 g/mol. The molecule has 2 bridgehead atoms. The largest absolute Gasteiger partial charge is 0.479 e. The first-order chi connectivity index (χ1) is 12.6. The molecule has 0 aromatic rings. The fourth-order valence-electron chi connectivity index (χ4n) is 3.52. The van der Waals surface area contributed by atoms with Gasteiger partial charge in [0.1, 0.15) is 24.1 Å². The lowest BCUT2D eigenvalue weighted by Crippen LogP contribution is -2.45. The summed E-state index contributed by atoms with van der Waals surface area (Å²) in [6.45, 7) is 12.4. The van der Waals surface area contributed by atoms with Crippen LogP contribution in [0.1, 0.15) is 27.2 Å². The fourth-order valence-corrected chi connectivity index (χ4v) is 3.52. The molecule has 0 aliphatic carbocycles. The molecular formula is C20H22O7. The summed E-state index contributed by atoms with van der Waals surface area (Å²) in [7, 11) is 0. The second-order valence-electron chi connectivity index (χ2n) is 7.22. The Kier molecular flexibility index (Phi) is 4.59. The molecule has 7 heteroatoms. The molecule has 0 radical (unpaired) electrons. The zero-order valence-corrected chi connectivity index (χ0v) is 15.5. The summed E-state index contributed by atoms with van der Waals surface area (Å²) in [6, 6.07) is 0. The van der Waals surface area contributed by atoms with Crippen molar-refractivity contribution in [3.8, 4) is 0 Å². The highest BCUT2D eigenvalue weighted by atomic mass is 16.6. The molecule has 144 valence electrons. The van der Waals surface area contributed by atoms with E-state index in [4.69, 9.17) is 14.2 Å². The number of aliphatic hydroxyl groups is 1. The van der Waals surface area contributed by atoms with Crippen LogP contribution in [0.5, 0.6) is 0 Å². The van der Waals surface area contributed by atoms with Crippen molar-refractivity contribution in [3.63, 3.8) is 0 Å². The van der Waals surface area contributed by atoms with E-state index in [-0.39, 0.29) is 29.1 Å². The monoisotopic (exact) mass is 374 g/mol. The summed E-state index contributed by atoms with van der Waals surface area (Å²) in [6.07, 6.45) is -0.502. The molecule has 2 fully saturated rings. The molecule has 0 amide bonds. The number of esters is 2. The van der Waals surface area contributed by atoms with E-state index in [0.29, 0.717) is 5.57 Å². The molecule has 0 aromatic carbocycles. The lowest BCUT2D eigenvalue weighted by Gasteiger charge is -2.32. The SMILES string of the molecule is C=C1C(=O)O[C@H]2[C@H]1[C@@H](OC(=O)/C(C)=C\C)C[C@@]1(C)OC(=CC1=O)C(=C)[C@H]2O. The van der Waals surface area contributed by atoms with Gasteiger partial charge in [0.2, 0.25) is 5.78 Å². The Hall–Kier alpha value is -2.67. The Morgan fingerprint density at radius 2 is 2.04 bits per heavy atom. The molecule has 7 nitrogen and oxygen atoms in total. The predicted molar refractivity (Wildman–Crippen MR) is 94.2 cm³/mol. The van der Waals surface area contributed by atoms with E-state index >= 15 is 0 Å². The molecule has 27 heavy (non-hydrogen) atoms. The number of aliphatic hydroxyl groups excluding tert-OH is 1. The Morgan fingerprint density at radius 1 is 1.37 bits per heavy atom. The number of ketones is 1. The average Bonchev–Trinajstić information content (AvgIpc) is 3.08. The summed E-state index contributed by atoms with van der Waals surface area (Å²) in [5, 5.41) is 10.7. The van der Waals surface area contributed by atoms with Crippen LogP contribution in [0.25, 0.3) is 0 Å². The van der Waals surface area contributed by atoms with Gasteiger partial charge in [0.05, 0.1) is 5.92 Å². The first-order valence-corrected chi connectivity index (χ1v) is 8.65. The van der Waals surface area contributed by atoms with E-state index in [1.165, 1.54) is 6.08 Å². The Bertz CT molecular complexity index is 818. The quantitative estimate of drug-likeness (QED) is 0.578. The van der Waals surface area contributed by atoms with E-state index in [1.54, 1.807) is 26.8 Å². The maximum atomic E-state index is 12.5. The van der Waals surface area contributed by atoms with Crippen LogP contribution in [0.4, 0.5) is 0 Å². The van der Waals surface area contributed by atoms with Crippen LogP contribution in [-0.2, 0) is 28.6 Å². The van der Waals surface area contributed by atoms with E-state index in [2.05, 4.69) is 13.2 Å². The van der Waals surface area contributed by atoms with Crippen molar-refractivity contribution >= 4 is 17.7 Å². The van der Waals surface area contributed by atoms with Gasteiger partial charge in [-0.05, 0) is 20.8 Å². The van der Waals surface area contributed by atoms with Crippen molar-refractivity contribution in [2.24, 2.45) is 5.92 Å². The molecule has 0 saturated carbocycles. The zero-order chi connectivity index (χ0) is 20.1. The highest BCUT2D eigenvalue weighted by molar-refractivity contribution is 6.00. The Labute approximate surface area is 157 Å². The molecule has 0 unspecified atom stereocenters. The number of hydrogen-bond donors (Lipinski definition) is 1. The number of rotatable bonds is 2. The summed E-state index contributed by atoms with van der Waals surface area (Å²) in [5.41, 5.74) is -0.741. The third-order valence-corrected chi connectivity index (χ3v) is 5.37. The predicted octanol–water partition coefficient (Wildman–Crippen LogP) is 1.52. The molecule has 0 aromatic heterocycles. The van der Waals surface area contributed by atoms with Crippen LogP contribution >= 0.6 is 0 Å². The van der Waals surface area contributed by atoms with Crippen molar-refractivity contribution in [1.82, 2.24) is 0 Å². The standard InChI is InChI=1S/C20H22O7/c1-6-9(2)18(23)25-13-8-20(5)14(21)7-12(27-20)10(3)16(22)17-15(13)11(4)19(24)26-17/h6-7,13,15-17,22H,3-4,8H2,1-2,5H3/b9-6-/t13-,15+,16+,17-,20+/m0/s1. The maximum absolute atomic E-state index is 12.5. The zero-order valence-electron chi connectivity index (χ0n) is 15.5. The first kappa shape index (κ1) is 19.1. The summed E-state index contributed by atoms with van der Waals surface area (Å²) < 4.78 is 16.7. The molecule has 3 aliphatic heterocycles. The number of fused-ring (bicyclic) bond motifs is 3. The molecule has 1 N–H and O–H groups in total. The van der Waals surface area contributed by atoms with Crippen LogP contribution in [0.2, 0.25) is 0 Å². The second kappa shape index (κ2) is 6.49. The molecule has 3 heterocycles. The van der Waals surface area contributed by atoms with E-state index in [0.717, 1.165) is 0 Å². The van der Waals surface area contributed by atoms with Crippen molar-refractivity contribution in [2.75, 3.05) is 0 Å². The van der Waals surface area contributed by atoms with Crippen LogP contribution < -0.4 is 0 Å². The normalized spacial score (nSPS) is 36.1. The minimum Gasteiger partial charge on any atom is -0.479 e. The van der Waals surface area contributed by atoms with Crippen LogP contribution in [0, 0.1) is 5.92 Å². The van der Waals surface area contributed by atoms with Crippen LogP contribution in [0.3, 0.4) is 0 Å². The van der Waals surface area contributed by atoms with Crippen LogP contribution in [-0.4, -0.2) is 46.7 Å². The number of carbonyl (C=O) groups is 3. The van der Waals surface area contributed by atoms with Gasteiger partial charge in [-0.1, -0.05) is 19.2 Å². The molecule has 3 rings (SSSR count). The second-order valence-corrected chi connectivity index (χ2v) is 7.22. The molecule has 5 atom stereocenters. The van der Waals surface area contributed by atoms with Gasteiger partial charge in [-0.15, -0.1) is 0 Å². The number of ether oxygens (including phenoxy) is 3. The van der Waals surface area contributed by atoms with Crippen molar-refractivity contribution in [1.29, 1.82) is 0 Å². The fraction of sp³-hybridized carbons (Fsp3) is 0.450. The van der Waals surface area contributed by atoms with Gasteiger partial charge in [0, 0.05) is 29.2 Å².